The molecular formula is C10H18BrN3O. The van der Waals surface area contributed by atoms with Gasteiger partial charge in [0.05, 0.1) is 11.9 Å². The summed E-state index contributed by atoms with van der Waals surface area (Å²) in [7, 11) is 1.71. The standard InChI is InChI=1S/C10H18BrN3O/c1-8(2)6-9-12-13-10(7-11)14(9)4-5-15-3/h8H,4-7H2,1-3H3. The SMILES string of the molecule is COCCn1c(CBr)nnc1CC(C)C. The number of ether oxygens (including phenoxy) is 1. The van der Waals surface area contributed by atoms with Crippen molar-refractivity contribution in [2.45, 2.75) is 32.1 Å². The second-order valence-electron chi connectivity index (χ2n) is 3.91. The minimum absolute atomic E-state index is 0.596. The molecule has 0 aromatic carbocycles. The Balaban J connectivity index is 2.79. The topological polar surface area (TPSA) is 39.9 Å². The normalized spacial score (nSPS) is 11.3. The Kier molecular flexibility index (Phi) is 5.25. The van der Waals surface area contributed by atoms with Crippen LogP contribution in [0.1, 0.15) is 25.5 Å². The van der Waals surface area contributed by atoms with Crippen molar-refractivity contribution < 1.29 is 4.74 Å². The second kappa shape index (κ2) is 6.23. The molecule has 0 aliphatic heterocycles. The van der Waals surface area contributed by atoms with Gasteiger partial charge in [-0.15, -0.1) is 10.2 Å². The minimum atomic E-state index is 0.596. The maximum Gasteiger partial charge on any atom is 0.143 e. The molecule has 1 rings (SSSR count). The van der Waals surface area contributed by atoms with Crippen LogP contribution in [0, 0.1) is 5.92 Å². The first kappa shape index (κ1) is 12.6. The van der Waals surface area contributed by atoms with Crippen molar-refractivity contribution >= 4 is 15.9 Å². The lowest BCUT2D eigenvalue weighted by molar-refractivity contribution is 0.185. The average molecular weight is 276 g/mol. The van der Waals surface area contributed by atoms with Crippen LogP contribution < -0.4 is 0 Å². The van der Waals surface area contributed by atoms with Crippen LogP contribution in [0.2, 0.25) is 0 Å². The van der Waals surface area contributed by atoms with Crippen molar-refractivity contribution in [2.75, 3.05) is 13.7 Å². The van der Waals surface area contributed by atoms with Crippen molar-refractivity contribution in [3.8, 4) is 0 Å². The fourth-order valence-corrected chi connectivity index (χ4v) is 1.84. The summed E-state index contributed by atoms with van der Waals surface area (Å²) in [6.45, 7) is 5.89. The Morgan fingerprint density at radius 3 is 2.53 bits per heavy atom. The molecule has 0 saturated heterocycles. The highest BCUT2D eigenvalue weighted by Gasteiger charge is 2.11. The first-order valence-corrected chi connectivity index (χ1v) is 6.27. The molecule has 0 fully saturated rings. The molecule has 0 radical (unpaired) electrons. The Bertz CT molecular complexity index is 299. The van der Waals surface area contributed by atoms with Crippen LogP contribution in [0.3, 0.4) is 0 Å². The van der Waals surface area contributed by atoms with Crippen LogP contribution in [0.4, 0.5) is 0 Å². The molecule has 0 spiro atoms. The highest BCUT2D eigenvalue weighted by atomic mass is 79.9. The molecule has 0 saturated carbocycles. The van der Waals surface area contributed by atoms with Crippen LogP contribution >= 0.6 is 15.9 Å². The van der Waals surface area contributed by atoms with Crippen molar-refractivity contribution in [2.24, 2.45) is 5.92 Å². The Labute approximate surface area is 99.2 Å². The summed E-state index contributed by atoms with van der Waals surface area (Å²) in [5.41, 5.74) is 0. The van der Waals surface area contributed by atoms with Crippen molar-refractivity contribution in [1.82, 2.24) is 14.8 Å². The third-order valence-electron chi connectivity index (χ3n) is 2.13. The summed E-state index contributed by atoms with van der Waals surface area (Å²) in [5, 5.41) is 9.10. The van der Waals surface area contributed by atoms with Crippen LogP contribution in [0.5, 0.6) is 0 Å². The van der Waals surface area contributed by atoms with Gasteiger partial charge in [-0.25, -0.2) is 0 Å². The zero-order valence-electron chi connectivity index (χ0n) is 9.53. The van der Waals surface area contributed by atoms with E-state index in [1.807, 2.05) is 0 Å². The monoisotopic (exact) mass is 275 g/mol. The van der Waals surface area contributed by atoms with Gasteiger partial charge < -0.3 is 9.30 Å². The van der Waals surface area contributed by atoms with E-state index in [0.717, 1.165) is 29.9 Å². The van der Waals surface area contributed by atoms with Gasteiger partial charge in [-0.2, -0.15) is 0 Å². The van der Waals surface area contributed by atoms with Crippen molar-refractivity contribution in [3.63, 3.8) is 0 Å². The summed E-state index contributed by atoms with van der Waals surface area (Å²) >= 11 is 3.42. The van der Waals surface area contributed by atoms with Gasteiger partial charge in [-0.3, -0.25) is 0 Å². The molecule has 1 aromatic heterocycles. The maximum absolute atomic E-state index is 5.08. The van der Waals surface area contributed by atoms with Gasteiger partial charge in [0, 0.05) is 20.1 Å². The van der Waals surface area contributed by atoms with Gasteiger partial charge in [0.25, 0.3) is 0 Å². The number of halogens is 1. The van der Waals surface area contributed by atoms with Crippen LogP contribution in [-0.2, 0) is 23.0 Å². The number of nitrogens with zero attached hydrogens (tertiary/aromatic N) is 3. The summed E-state index contributed by atoms with van der Waals surface area (Å²) in [6, 6.07) is 0. The second-order valence-corrected chi connectivity index (χ2v) is 4.47. The van der Waals surface area contributed by atoms with E-state index in [0.29, 0.717) is 12.5 Å². The van der Waals surface area contributed by atoms with E-state index in [1.165, 1.54) is 0 Å². The molecule has 86 valence electrons. The smallest absolute Gasteiger partial charge is 0.143 e. The molecule has 1 heterocycles. The Hall–Kier alpha value is -0.420. The van der Waals surface area contributed by atoms with E-state index in [2.05, 4.69) is 44.5 Å². The third-order valence-corrected chi connectivity index (χ3v) is 2.63. The van der Waals surface area contributed by atoms with Crippen LogP contribution in [-0.4, -0.2) is 28.5 Å². The molecule has 1 aromatic rings. The average Bonchev–Trinajstić information content (AvgIpc) is 2.56. The highest BCUT2D eigenvalue weighted by Crippen LogP contribution is 2.10. The molecule has 0 bridgehead atoms. The van der Waals surface area contributed by atoms with Gasteiger partial charge in [-0.1, -0.05) is 29.8 Å². The lowest BCUT2D eigenvalue weighted by Crippen LogP contribution is -2.12. The molecule has 0 N–H and O–H groups in total. The molecule has 0 unspecified atom stereocenters. The largest absolute Gasteiger partial charge is 0.383 e. The predicted molar refractivity (Wildman–Crippen MR) is 63.1 cm³/mol. The van der Waals surface area contributed by atoms with Gasteiger partial charge in [-0.05, 0) is 5.92 Å². The third kappa shape index (κ3) is 3.57. The summed E-state index contributed by atoms with van der Waals surface area (Å²) in [6.07, 6.45) is 0.962. The van der Waals surface area contributed by atoms with Crippen LogP contribution in [0.25, 0.3) is 0 Å². The number of hydrogen-bond acceptors (Lipinski definition) is 3. The zero-order valence-corrected chi connectivity index (χ0v) is 11.1. The summed E-state index contributed by atoms with van der Waals surface area (Å²) in [4.78, 5) is 0. The highest BCUT2D eigenvalue weighted by molar-refractivity contribution is 9.08. The van der Waals surface area contributed by atoms with Crippen molar-refractivity contribution in [1.29, 1.82) is 0 Å². The van der Waals surface area contributed by atoms with Gasteiger partial charge in [0.1, 0.15) is 11.6 Å². The molecule has 0 atom stereocenters. The number of hydrogen-bond donors (Lipinski definition) is 0. The van der Waals surface area contributed by atoms with Crippen LogP contribution in [0.15, 0.2) is 0 Å². The lowest BCUT2D eigenvalue weighted by Gasteiger charge is -2.09. The van der Waals surface area contributed by atoms with E-state index in [4.69, 9.17) is 4.74 Å². The van der Waals surface area contributed by atoms with E-state index >= 15 is 0 Å². The van der Waals surface area contributed by atoms with E-state index in [-0.39, 0.29) is 0 Å². The number of rotatable bonds is 6. The molecule has 5 heteroatoms. The van der Waals surface area contributed by atoms with E-state index in [1.54, 1.807) is 7.11 Å². The lowest BCUT2D eigenvalue weighted by atomic mass is 10.1. The fraction of sp³-hybridized carbons (Fsp3) is 0.800. The molecule has 0 aliphatic carbocycles. The summed E-state index contributed by atoms with van der Waals surface area (Å²) < 4.78 is 7.22. The quantitative estimate of drug-likeness (QED) is 0.746. The predicted octanol–water partition coefficient (Wildman–Crippen LogP) is 2.02. The molecule has 15 heavy (non-hydrogen) atoms. The first-order valence-electron chi connectivity index (χ1n) is 5.14. The molecule has 4 nitrogen and oxygen atoms in total. The Morgan fingerprint density at radius 1 is 1.33 bits per heavy atom. The molecule has 0 aliphatic rings. The van der Waals surface area contributed by atoms with Crippen molar-refractivity contribution in [3.05, 3.63) is 11.6 Å². The molecule has 0 amide bonds. The Morgan fingerprint density at radius 2 is 2.00 bits per heavy atom. The zero-order chi connectivity index (χ0) is 11.3. The number of aromatic nitrogens is 3. The van der Waals surface area contributed by atoms with Gasteiger partial charge >= 0.3 is 0 Å². The fourth-order valence-electron chi connectivity index (χ4n) is 1.43. The van der Waals surface area contributed by atoms with E-state index < -0.39 is 0 Å². The van der Waals surface area contributed by atoms with Gasteiger partial charge in [0.15, 0.2) is 0 Å². The molecular weight excluding hydrogens is 258 g/mol. The minimum Gasteiger partial charge on any atom is -0.383 e. The maximum atomic E-state index is 5.08. The van der Waals surface area contributed by atoms with Gasteiger partial charge in [0.2, 0.25) is 0 Å². The summed E-state index contributed by atoms with van der Waals surface area (Å²) in [5.74, 6) is 2.62. The number of alkyl halides is 1. The van der Waals surface area contributed by atoms with E-state index in [9.17, 15) is 0 Å². The first-order chi connectivity index (χ1) is 7.19. The number of methoxy groups -OCH3 is 1.